The fourth-order valence-corrected chi connectivity index (χ4v) is 7.60. The summed E-state index contributed by atoms with van der Waals surface area (Å²) in [6.45, 7) is 12.0. The monoisotopic (exact) mass is 385 g/mol. The maximum absolute atomic E-state index is 13.0. The second-order valence-corrected chi connectivity index (χ2v) is 10.7. The molecule has 0 N–H and O–H groups in total. The molecule has 7 nitrogen and oxygen atoms in total. The predicted octanol–water partition coefficient (Wildman–Crippen LogP) is 1.63. The summed E-state index contributed by atoms with van der Waals surface area (Å²) in [5.41, 5.74) is -0.383. The van der Waals surface area contributed by atoms with Crippen molar-refractivity contribution in [1.29, 1.82) is 0 Å². The van der Waals surface area contributed by atoms with Crippen molar-refractivity contribution in [3.05, 3.63) is 12.2 Å². The second-order valence-electron chi connectivity index (χ2n) is 8.67. The molecule has 0 spiro atoms. The van der Waals surface area contributed by atoms with Crippen LogP contribution in [0.2, 0.25) is 0 Å². The van der Waals surface area contributed by atoms with E-state index in [9.17, 15) is 18.0 Å². The zero-order chi connectivity index (χ0) is 19.6. The Hall–Kier alpha value is -1.41. The van der Waals surface area contributed by atoms with Crippen molar-refractivity contribution in [2.24, 2.45) is 11.8 Å². The van der Waals surface area contributed by atoms with E-state index < -0.39 is 39.7 Å². The number of sulfonamides is 1. The summed E-state index contributed by atoms with van der Waals surface area (Å²) in [5.74, 6) is -1.27. The van der Waals surface area contributed by atoms with Gasteiger partial charge in [-0.1, -0.05) is 6.58 Å². The number of hydrogen-bond acceptors (Lipinski definition) is 6. The van der Waals surface area contributed by atoms with E-state index in [0.29, 0.717) is 6.42 Å². The molecular weight excluding hydrogens is 358 g/mol. The zero-order valence-electron chi connectivity index (χ0n) is 15.9. The highest BCUT2D eigenvalue weighted by atomic mass is 32.2. The molecule has 1 saturated heterocycles. The minimum absolute atomic E-state index is 0.00435. The minimum atomic E-state index is -3.40. The third-order valence-corrected chi connectivity index (χ3v) is 8.28. The number of nitrogens with zero attached hydrogens (tertiary/aromatic N) is 1. The number of fused-ring (bicyclic) bond motifs is 1. The first-order valence-corrected chi connectivity index (χ1v) is 10.5. The number of esters is 2. The fourth-order valence-electron chi connectivity index (χ4n) is 4.72. The van der Waals surface area contributed by atoms with Crippen molar-refractivity contribution in [3.63, 3.8) is 0 Å². The van der Waals surface area contributed by atoms with Crippen LogP contribution < -0.4 is 0 Å². The summed E-state index contributed by atoms with van der Waals surface area (Å²) in [4.78, 5) is 24.0. The number of hydrogen-bond donors (Lipinski definition) is 0. The lowest BCUT2D eigenvalue weighted by molar-refractivity contribution is -0.172. The van der Waals surface area contributed by atoms with Gasteiger partial charge in [0.25, 0.3) is 0 Å². The molecule has 3 fully saturated rings. The van der Waals surface area contributed by atoms with E-state index in [4.69, 9.17) is 9.47 Å². The fraction of sp³-hybridized carbons (Fsp3) is 0.778. The van der Waals surface area contributed by atoms with Crippen LogP contribution in [0.5, 0.6) is 0 Å². The summed E-state index contributed by atoms with van der Waals surface area (Å²) < 4.78 is 38.2. The van der Waals surface area contributed by atoms with Gasteiger partial charge >= 0.3 is 11.9 Å². The van der Waals surface area contributed by atoms with E-state index in [-0.39, 0.29) is 28.7 Å². The van der Waals surface area contributed by atoms with Gasteiger partial charge in [-0.25, -0.2) is 18.0 Å². The average Bonchev–Trinajstić information content (AvgIpc) is 3.09. The molecule has 6 unspecified atom stereocenters. The SMILES string of the molecule is C=C(C)C(=O)OC(C)C(=O)OC1C2CC3C1N(C(C)(C)C)S(=O)(=O)C3C2. The van der Waals surface area contributed by atoms with E-state index in [2.05, 4.69) is 6.58 Å². The lowest BCUT2D eigenvalue weighted by atomic mass is 9.90. The maximum Gasteiger partial charge on any atom is 0.347 e. The molecule has 1 heterocycles. The van der Waals surface area contributed by atoms with Gasteiger partial charge in [-0.15, -0.1) is 0 Å². The van der Waals surface area contributed by atoms with Crippen molar-refractivity contribution in [1.82, 2.24) is 4.31 Å². The first-order valence-electron chi connectivity index (χ1n) is 8.96. The molecular formula is C18H27NO6S. The predicted molar refractivity (Wildman–Crippen MR) is 94.5 cm³/mol. The Morgan fingerprint density at radius 1 is 1.23 bits per heavy atom. The van der Waals surface area contributed by atoms with Crippen LogP contribution in [0.15, 0.2) is 12.2 Å². The summed E-state index contributed by atoms with van der Waals surface area (Å²) in [5, 5.41) is -0.370. The van der Waals surface area contributed by atoms with E-state index >= 15 is 0 Å². The Morgan fingerprint density at radius 3 is 2.38 bits per heavy atom. The normalized spacial score (nSPS) is 36.0. The minimum Gasteiger partial charge on any atom is -0.458 e. The molecule has 3 aliphatic rings. The topological polar surface area (TPSA) is 90.0 Å². The van der Waals surface area contributed by atoms with E-state index in [1.165, 1.54) is 13.8 Å². The van der Waals surface area contributed by atoms with Crippen LogP contribution >= 0.6 is 0 Å². The average molecular weight is 385 g/mol. The van der Waals surface area contributed by atoms with Crippen LogP contribution in [0.1, 0.15) is 47.5 Å². The zero-order valence-corrected chi connectivity index (χ0v) is 16.7. The number of carbonyl (C=O) groups excluding carboxylic acids is 2. The van der Waals surface area contributed by atoms with Crippen molar-refractivity contribution >= 4 is 22.0 Å². The van der Waals surface area contributed by atoms with E-state index in [0.717, 1.165) is 6.42 Å². The Balaban J connectivity index is 1.79. The Bertz CT molecular complexity index is 752. The van der Waals surface area contributed by atoms with Gasteiger partial charge in [0.15, 0.2) is 6.10 Å². The van der Waals surface area contributed by atoms with Gasteiger partial charge in [-0.3, -0.25) is 0 Å². The van der Waals surface area contributed by atoms with Crippen LogP contribution in [-0.4, -0.2) is 53.7 Å². The molecule has 8 heteroatoms. The largest absolute Gasteiger partial charge is 0.458 e. The van der Waals surface area contributed by atoms with Crippen LogP contribution in [-0.2, 0) is 29.1 Å². The Labute approximate surface area is 154 Å². The molecule has 0 aromatic rings. The Kier molecular flexibility index (Phi) is 4.51. The van der Waals surface area contributed by atoms with Crippen molar-refractivity contribution < 1.29 is 27.5 Å². The van der Waals surface area contributed by atoms with Gasteiger partial charge < -0.3 is 9.47 Å². The van der Waals surface area contributed by atoms with Gasteiger partial charge in [-0.2, -0.15) is 4.31 Å². The molecule has 146 valence electrons. The quantitative estimate of drug-likeness (QED) is 0.540. The van der Waals surface area contributed by atoms with Gasteiger partial charge in [0, 0.05) is 11.1 Å². The highest BCUT2D eigenvalue weighted by molar-refractivity contribution is 7.90. The van der Waals surface area contributed by atoms with E-state index in [1.54, 1.807) is 4.31 Å². The van der Waals surface area contributed by atoms with Crippen LogP contribution in [0, 0.1) is 11.8 Å². The molecule has 0 aromatic heterocycles. The molecule has 26 heavy (non-hydrogen) atoms. The summed E-state index contributed by atoms with van der Waals surface area (Å²) >= 11 is 0. The molecule has 2 bridgehead atoms. The molecule has 0 aromatic carbocycles. The molecule has 0 amide bonds. The van der Waals surface area contributed by atoms with Crippen LogP contribution in [0.4, 0.5) is 0 Å². The summed E-state index contributed by atoms with van der Waals surface area (Å²) in [7, 11) is -3.40. The molecule has 2 saturated carbocycles. The first-order chi connectivity index (χ1) is 11.9. The highest BCUT2D eigenvalue weighted by Crippen LogP contribution is 2.58. The van der Waals surface area contributed by atoms with Crippen molar-refractivity contribution in [3.8, 4) is 0 Å². The first kappa shape index (κ1) is 19.4. The van der Waals surface area contributed by atoms with Gasteiger partial charge in [-0.05, 0) is 59.3 Å². The molecule has 1 aliphatic heterocycles. The van der Waals surface area contributed by atoms with Gasteiger partial charge in [0.2, 0.25) is 10.0 Å². The van der Waals surface area contributed by atoms with Gasteiger partial charge in [0.05, 0.1) is 11.3 Å². The summed E-state index contributed by atoms with van der Waals surface area (Å²) in [6, 6.07) is -0.336. The molecule has 6 atom stereocenters. The maximum atomic E-state index is 13.0. The van der Waals surface area contributed by atoms with Crippen molar-refractivity contribution in [2.75, 3.05) is 0 Å². The van der Waals surface area contributed by atoms with E-state index in [1.807, 2.05) is 20.8 Å². The molecule has 3 rings (SSSR count). The lowest BCUT2D eigenvalue weighted by Gasteiger charge is -2.37. The smallest absolute Gasteiger partial charge is 0.347 e. The third kappa shape index (κ3) is 2.87. The second kappa shape index (κ2) is 6.05. The van der Waals surface area contributed by atoms with Crippen LogP contribution in [0.3, 0.4) is 0 Å². The number of ether oxygens (including phenoxy) is 2. The van der Waals surface area contributed by atoms with Crippen LogP contribution in [0.25, 0.3) is 0 Å². The standard InChI is InChI=1S/C18H27NO6S/c1-9(2)16(20)24-10(3)17(21)25-15-11-7-12-13(8-11)26(22,23)19(14(12)15)18(4,5)6/h10-15H,1,7-8H2,2-6H3. The molecule has 0 radical (unpaired) electrons. The Morgan fingerprint density at radius 2 is 1.85 bits per heavy atom. The highest BCUT2D eigenvalue weighted by Gasteiger charge is 2.69. The third-order valence-electron chi connectivity index (χ3n) is 5.63. The summed E-state index contributed by atoms with van der Waals surface area (Å²) in [6.07, 6.45) is -0.283. The number of carbonyl (C=O) groups is 2. The lowest BCUT2D eigenvalue weighted by Crippen LogP contribution is -2.52. The van der Waals surface area contributed by atoms with Crippen molar-refractivity contribution in [2.45, 2.75) is 76.5 Å². The number of rotatable bonds is 4. The molecule has 2 aliphatic carbocycles. The van der Waals surface area contributed by atoms with Gasteiger partial charge in [0.1, 0.15) is 6.10 Å².